The van der Waals surface area contributed by atoms with Crippen molar-refractivity contribution < 1.29 is 13.2 Å². The molecule has 0 atom stereocenters. The average Bonchev–Trinajstić information content (AvgIpc) is 3.09. The molecule has 0 unspecified atom stereocenters. The Hall–Kier alpha value is -2.59. The van der Waals surface area contributed by atoms with E-state index in [9.17, 15) is 13.2 Å². The summed E-state index contributed by atoms with van der Waals surface area (Å²) in [6.45, 7) is 1.87. The van der Waals surface area contributed by atoms with Crippen molar-refractivity contribution in [3.05, 3.63) is 75.5 Å². The molecular formula is C20H14Cl2N4O3S2. The van der Waals surface area contributed by atoms with Crippen molar-refractivity contribution in [2.45, 2.75) is 17.8 Å². The SMILES string of the molecule is Cc1cccc(CS(=O)(=O)c2ncc(Cl)c(C(=O)Nc3nc4ccc(Cl)cc4s3)n2)c1. The molecule has 4 aromatic rings. The number of carbonyl (C=O) groups excluding carboxylic acids is 1. The minimum atomic E-state index is -3.89. The van der Waals surface area contributed by atoms with Crippen molar-refractivity contribution in [1.82, 2.24) is 15.0 Å². The van der Waals surface area contributed by atoms with Gasteiger partial charge in [-0.15, -0.1) is 0 Å². The number of benzene rings is 2. The van der Waals surface area contributed by atoms with Gasteiger partial charge in [0.1, 0.15) is 0 Å². The molecule has 158 valence electrons. The molecule has 11 heteroatoms. The molecule has 2 aromatic carbocycles. The van der Waals surface area contributed by atoms with Gasteiger partial charge in [0.15, 0.2) is 10.8 Å². The van der Waals surface area contributed by atoms with Crippen LogP contribution in [0.5, 0.6) is 0 Å². The normalized spacial score (nSPS) is 11.6. The van der Waals surface area contributed by atoms with Crippen LogP contribution in [0, 0.1) is 6.92 Å². The van der Waals surface area contributed by atoms with Gasteiger partial charge in [-0.05, 0) is 30.7 Å². The summed E-state index contributed by atoms with van der Waals surface area (Å²) in [5.41, 5.74) is 1.94. The molecule has 0 saturated heterocycles. The summed E-state index contributed by atoms with van der Waals surface area (Å²) in [5, 5.41) is 2.91. The van der Waals surface area contributed by atoms with Gasteiger partial charge in [0.25, 0.3) is 5.91 Å². The largest absolute Gasteiger partial charge is 0.296 e. The Labute approximate surface area is 192 Å². The molecule has 0 fully saturated rings. The summed E-state index contributed by atoms with van der Waals surface area (Å²) >= 11 is 13.3. The predicted octanol–water partition coefficient (Wildman–Crippen LogP) is 4.93. The maximum absolute atomic E-state index is 12.8. The second-order valence-electron chi connectivity index (χ2n) is 6.68. The van der Waals surface area contributed by atoms with Gasteiger partial charge in [-0.1, -0.05) is 64.4 Å². The fraction of sp³-hybridized carbons (Fsp3) is 0.100. The first-order valence-corrected chi connectivity index (χ1v) is 12.1. The monoisotopic (exact) mass is 492 g/mol. The Kier molecular flexibility index (Phi) is 5.94. The number of hydrogen-bond donors (Lipinski definition) is 1. The number of nitrogens with zero attached hydrogens (tertiary/aromatic N) is 3. The van der Waals surface area contributed by atoms with E-state index in [1.165, 1.54) is 11.3 Å². The van der Waals surface area contributed by atoms with Crippen LogP contribution in [-0.4, -0.2) is 29.3 Å². The molecule has 0 saturated carbocycles. The number of rotatable bonds is 5. The number of sulfone groups is 1. The van der Waals surface area contributed by atoms with Crippen molar-refractivity contribution >= 4 is 65.6 Å². The third-order valence-electron chi connectivity index (χ3n) is 4.23. The fourth-order valence-electron chi connectivity index (χ4n) is 2.85. The van der Waals surface area contributed by atoms with E-state index in [-0.39, 0.29) is 16.5 Å². The molecular weight excluding hydrogens is 479 g/mol. The van der Waals surface area contributed by atoms with Crippen LogP contribution in [0.25, 0.3) is 10.2 Å². The Morgan fingerprint density at radius 3 is 2.71 bits per heavy atom. The van der Waals surface area contributed by atoms with Crippen LogP contribution in [0.15, 0.2) is 53.8 Å². The predicted molar refractivity (Wildman–Crippen MR) is 122 cm³/mol. The standard InChI is InChI=1S/C20H14Cl2N4O3S2/c1-11-3-2-4-12(7-11)10-31(28,29)20-23-9-14(22)17(25-20)18(27)26-19-24-15-6-5-13(21)8-16(15)30-19/h2-9H,10H2,1H3,(H,24,26,27). The number of aromatic nitrogens is 3. The molecule has 2 aromatic heterocycles. The van der Waals surface area contributed by atoms with Gasteiger partial charge in [0.05, 0.1) is 27.2 Å². The molecule has 2 heterocycles. The first-order chi connectivity index (χ1) is 14.7. The molecule has 0 aliphatic heterocycles. The highest BCUT2D eigenvalue weighted by atomic mass is 35.5. The molecule has 0 bridgehead atoms. The van der Waals surface area contributed by atoms with E-state index in [4.69, 9.17) is 23.2 Å². The number of anilines is 1. The van der Waals surface area contributed by atoms with Crippen molar-refractivity contribution in [2.75, 3.05) is 5.32 Å². The molecule has 31 heavy (non-hydrogen) atoms. The van der Waals surface area contributed by atoms with E-state index in [0.717, 1.165) is 16.5 Å². The Bertz CT molecular complexity index is 1420. The summed E-state index contributed by atoms with van der Waals surface area (Å²) in [6.07, 6.45) is 1.10. The van der Waals surface area contributed by atoms with Crippen LogP contribution < -0.4 is 5.32 Å². The van der Waals surface area contributed by atoms with Gasteiger partial charge < -0.3 is 0 Å². The first kappa shape index (κ1) is 21.6. The highest BCUT2D eigenvalue weighted by Gasteiger charge is 2.23. The summed E-state index contributed by atoms with van der Waals surface area (Å²) < 4.78 is 26.4. The molecule has 1 amide bonds. The van der Waals surface area contributed by atoms with E-state index < -0.39 is 20.9 Å². The van der Waals surface area contributed by atoms with Gasteiger partial charge in [-0.2, -0.15) is 0 Å². The number of carbonyl (C=O) groups is 1. The fourth-order valence-corrected chi connectivity index (χ4v) is 5.36. The third-order valence-corrected chi connectivity index (χ3v) is 7.14. The number of fused-ring (bicyclic) bond motifs is 1. The summed E-state index contributed by atoms with van der Waals surface area (Å²) in [7, 11) is -3.89. The molecule has 0 aliphatic carbocycles. The highest BCUT2D eigenvalue weighted by Crippen LogP contribution is 2.29. The van der Waals surface area contributed by atoms with Crippen LogP contribution in [0.1, 0.15) is 21.6 Å². The van der Waals surface area contributed by atoms with E-state index >= 15 is 0 Å². The second kappa shape index (κ2) is 8.51. The molecule has 0 radical (unpaired) electrons. The summed E-state index contributed by atoms with van der Waals surface area (Å²) in [6, 6.07) is 12.3. The smallest absolute Gasteiger partial charge is 0.277 e. The van der Waals surface area contributed by atoms with Crippen LogP contribution in [0.2, 0.25) is 10.0 Å². The molecule has 0 spiro atoms. The molecule has 7 nitrogen and oxygen atoms in total. The first-order valence-electron chi connectivity index (χ1n) is 8.89. The topological polar surface area (TPSA) is 102 Å². The van der Waals surface area contributed by atoms with E-state index in [1.54, 1.807) is 36.4 Å². The number of thiazole rings is 1. The number of hydrogen-bond acceptors (Lipinski definition) is 7. The van der Waals surface area contributed by atoms with E-state index in [0.29, 0.717) is 21.2 Å². The maximum atomic E-state index is 12.8. The molecule has 1 N–H and O–H groups in total. The van der Waals surface area contributed by atoms with Crippen molar-refractivity contribution in [2.24, 2.45) is 0 Å². The zero-order valence-corrected chi connectivity index (χ0v) is 19.1. The van der Waals surface area contributed by atoms with Crippen molar-refractivity contribution in [3.8, 4) is 0 Å². The van der Waals surface area contributed by atoms with Crippen LogP contribution in [0.3, 0.4) is 0 Å². The Morgan fingerprint density at radius 2 is 1.94 bits per heavy atom. The average molecular weight is 493 g/mol. The van der Waals surface area contributed by atoms with Crippen molar-refractivity contribution in [1.29, 1.82) is 0 Å². The zero-order valence-electron chi connectivity index (χ0n) is 16.0. The number of aryl methyl sites for hydroxylation is 1. The van der Waals surface area contributed by atoms with Crippen LogP contribution in [0.4, 0.5) is 5.13 Å². The van der Waals surface area contributed by atoms with Crippen molar-refractivity contribution in [3.63, 3.8) is 0 Å². The van der Waals surface area contributed by atoms with Crippen LogP contribution in [-0.2, 0) is 15.6 Å². The maximum Gasteiger partial charge on any atom is 0.277 e. The lowest BCUT2D eigenvalue weighted by Gasteiger charge is -2.07. The number of halogens is 2. The summed E-state index contributed by atoms with van der Waals surface area (Å²) in [5.74, 6) is -0.986. The Balaban J connectivity index is 1.61. The lowest BCUT2D eigenvalue weighted by atomic mass is 10.2. The van der Waals surface area contributed by atoms with E-state index in [2.05, 4.69) is 20.3 Å². The number of nitrogens with one attached hydrogen (secondary N) is 1. The minimum Gasteiger partial charge on any atom is -0.296 e. The second-order valence-corrected chi connectivity index (χ2v) is 10.4. The van der Waals surface area contributed by atoms with Gasteiger partial charge in [-0.3, -0.25) is 10.1 Å². The van der Waals surface area contributed by atoms with Gasteiger partial charge in [0, 0.05) is 5.02 Å². The van der Waals surface area contributed by atoms with Crippen LogP contribution >= 0.6 is 34.5 Å². The minimum absolute atomic E-state index is 0.0730. The van der Waals surface area contributed by atoms with Gasteiger partial charge in [-0.25, -0.2) is 23.4 Å². The summed E-state index contributed by atoms with van der Waals surface area (Å²) in [4.78, 5) is 24.8. The lowest BCUT2D eigenvalue weighted by molar-refractivity contribution is 0.102. The lowest BCUT2D eigenvalue weighted by Crippen LogP contribution is -2.18. The Morgan fingerprint density at radius 1 is 1.13 bits per heavy atom. The van der Waals surface area contributed by atoms with Gasteiger partial charge in [0.2, 0.25) is 15.0 Å². The molecule has 4 rings (SSSR count). The van der Waals surface area contributed by atoms with E-state index in [1.807, 2.05) is 13.0 Å². The quantitative estimate of drug-likeness (QED) is 0.396. The highest BCUT2D eigenvalue weighted by molar-refractivity contribution is 7.90. The molecule has 0 aliphatic rings. The number of amides is 1. The zero-order chi connectivity index (χ0) is 22.2. The third kappa shape index (κ3) is 4.85. The van der Waals surface area contributed by atoms with Gasteiger partial charge >= 0.3 is 0 Å².